The molecule has 4 atom stereocenters. The average Bonchev–Trinajstić information content (AvgIpc) is 3.11. The summed E-state index contributed by atoms with van der Waals surface area (Å²) < 4.78 is 34.6. The van der Waals surface area contributed by atoms with E-state index >= 15 is 0 Å². The van der Waals surface area contributed by atoms with Crippen molar-refractivity contribution in [3.8, 4) is 0 Å². The van der Waals surface area contributed by atoms with E-state index in [4.69, 9.17) is 35.6 Å². The summed E-state index contributed by atoms with van der Waals surface area (Å²) >= 11 is 5.55. The highest BCUT2D eigenvalue weighted by molar-refractivity contribution is 7.80. The third kappa shape index (κ3) is 3.26. The highest BCUT2D eigenvalue weighted by atomic mass is 32.1. The van der Waals surface area contributed by atoms with Gasteiger partial charge in [-0.1, -0.05) is 27.7 Å². The van der Waals surface area contributed by atoms with E-state index < -0.39 is 25.3 Å². The smallest absolute Gasteiger partial charge is 0.269 e. The van der Waals surface area contributed by atoms with Crippen molar-refractivity contribution in [2.24, 2.45) is 5.41 Å². The molecule has 3 heterocycles. The lowest BCUT2D eigenvalue weighted by atomic mass is 9.53. The maximum absolute atomic E-state index is 7.05. The molecule has 9 heteroatoms. The highest BCUT2D eigenvalue weighted by Gasteiger charge is 2.87. The quantitative estimate of drug-likeness (QED) is 0.343. The minimum Gasteiger partial charge on any atom is -0.467 e. The molecule has 2 aliphatic carbocycles. The van der Waals surface area contributed by atoms with Crippen molar-refractivity contribution in [3.63, 3.8) is 0 Å². The van der Waals surface area contributed by atoms with Crippen molar-refractivity contribution in [1.82, 2.24) is 9.55 Å². The van der Waals surface area contributed by atoms with Crippen LogP contribution in [0.3, 0.4) is 0 Å². The number of thiocarbonyl (C=S) groups is 1. The summed E-state index contributed by atoms with van der Waals surface area (Å²) in [6.45, 7) is 15.4. The lowest BCUT2D eigenvalue weighted by Gasteiger charge is -2.56. The average molecular weight is 495 g/mol. The van der Waals surface area contributed by atoms with Crippen LogP contribution in [0.2, 0.25) is 18.1 Å². The molecular weight excluding hydrogens is 456 g/mol. The molecule has 2 saturated carbocycles. The fraction of sp³-hybridized carbons (Fsp3) is 0.833. The molecule has 1 aromatic rings. The second kappa shape index (κ2) is 7.58. The summed E-state index contributed by atoms with van der Waals surface area (Å²) in [5.74, 6) is -0.584. The molecule has 0 N–H and O–H groups in total. The predicted molar refractivity (Wildman–Crippen MR) is 131 cm³/mol. The van der Waals surface area contributed by atoms with Gasteiger partial charge in [-0.15, -0.1) is 0 Å². The van der Waals surface area contributed by atoms with Crippen LogP contribution < -0.4 is 0 Å². The Morgan fingerprint density at radius 1 is 1.21 bits per heavy atom. The largest absolute Gasteiger partial charge is 0.467 e. The molecule has 184 valence electrons. The number of ether oxygens (including phenoxy) is 4. The Balaban J connectivity index is 1.48. The van der Waals surface area contributed by atoms with E-state index in [1.165, 1.54) is 0 Å². The Morgan fingerprint density at radius 2 is 1.94 bits per heavy atom. The van der Waals surface area contributed by atoms with Crippen LogP contribution in [0.4, 0.5) is 0 Å². The van der Waals surface area contributed by atoms with Crippen LogP contribution in [-0.4, -0.2) is 66.0 Å². The molecule has 7 nitrogen and oxygen atoms in total. The molecule has 4 aliphatic rings. The zero-order chi connectivity index (χ0) is 23.8. The van der Waals surface area contributed by atoms with Crippen LogP contribution in [0.5, 0.6) is 0 Å². The van der Waals surface area contributed by atoms with E-state index in [2.05, 4.69) is 45.8 Å². The monoisotopic (exact) mass is 494 g/mol. The SMILES string of the molecule is CC(C)(C)[Si](C)(C)O[C@@H]1CC[C@]2(C)C3(CCC[C@@]24O[C@@]14COC(=S)n1ccnc1)OCCO3. The van der Waals surface area contributed by atoms with Crippen LogP contribution in [0.15, 0.2) is 18.7 Å². The highest BCUT2D eigenvalue weighted by Crippen LogP contribution is 2.74. The van der Waals surface area contributed by atoms with Crippen LogP contribution in [0.1, 0.15) is 59.8 Å². The first kappa shape index (κ1) is 23.9. The van der Waals surface area contributed by atoms with E-state index in [-0.39, 0.29) is 16.6 Å². The Hall–Kier alpha value is -0.843. The van der Waals surface area contributed by atoms with Crippen molar-refractivity contribution in [2.45, 2.75) is 101 Å². The number of imidazole rings is 1. The number of epoxide rings is 1. The first-order chi connectivity index (χ1) is 15.4. The van der Waals surface area contributed by atoms with Crippen molar-refractivity contribution in [3.05, 3.63) is 18.7 Å². The molecule has 0 unspecified atom stereocenters. The fourth-order valence-corrected chi connectivity index (χ4v) is 7.92. The van der Waals surface area contributed by atoms with Gasteiger partial charge < -0.3 is 23.4 Å². The predicted octanol–water partition coefficient (Wildman–Crippen LogP) is 4.66. The van der Waals surface area contributed by atoms with Gasteiger partial charge in [0.05, 0.1) is 24.7 Å². The van der Waals surface area contributed by atoms with Gasteiger partial charge in [-0.2, -0.15) is 0 Å². The van der Waals surface area contributed by atoms with E-state index in [0.29, 0.717) is 25.0 Å². The summed E-state index contributed by atoms with van der Waals surface area (Å²) in [7, 11) is -2.03. The third-order valence-electron chi connectivity index (χ3n) is 9.31. The lowest BCUT2D eigenvalue weighted by Crippen LogP contribution is -2.66. The maximum atomic E-state index is 7.05. The maximum Gasteiger partial charge on any atom is 0.269 e. The molecule has 1 aromatic heterocycles. The molecule has 0 bridgehead atoms. The topological polar surface area (TPSA) is 67.3 Å². The van der Waals surface area contributed by atoms with E-state index in [0.717, 1.165) is 32.1 Å². The molecule has 33 heavy (non-hydrogen) atoms. The van der Waals surface area contributed by atoms with Gasteiger partial charge in [-0.3, -0.25) is 4.57 Å². The third-order valence-corrected chi connectivity index (χ3v) is 14.1. The van der Waals surface area contributed by atoms with Crippen molar-refractivity contribution >= 4 is 25.7 Å². The van der Waals surface area contributed by atoms with Gasteiger partial charge in [0.1, 0.15) is 18.5 Å². The van der Waals surface area contributed by atoms with Gasteiger partial charge >= 0.3 is 0 Å². The Morgan fingerprint density at radius 3 is 2.58 bits per heavy atom. The van der Waals surface area contributed by atoms with Gasteiger partial charge in [0.25, 0.3) is 5.17 Å². The van der Waals surface area contributed by atoms with Crippen LogP contribution in [0.25, 0.3) is 0 Å². The number of rotatable bonds is 4. The molecule has 0 amide bonds. The standard InChI is InChI=1S/C24H38N2O5SSi/c1-20(2,3)33(5,6)30-18-8-11-21(4)23(9-7-10-24(21)28-14-15-29-24)22(18,31-23)16-27-19(32)26-13-12-25-17-26/h12-13,17-18H,7-11,14-16H2,1-6H3/t18-,21+,22+,23-/m1/s1. The molecule has 4 fully saturated rings. The molecule has 0 radical (unpaired) electrons. The second-order valence-corrected chi connectivity index (χ2v) is 17.0. The first-order valence-electron chi connectivity index (χ1n) is 12.2. The van der Waals surface area contributed by atoms with Gasteiger partial charge in [0.2, 0.25) is 0 Å². The lowest BCUT2D eigenvalue weighted by molar-refractivity contribution is -0.278. The Kier molecular flexibility index (Phi) is 5.48. The number of hydrogen-bond acceptors (Lipinski definition) is 7. The molecule has 2 saturated heterocycles. The second-order valence-electron chi connectivity index (χ2n) is 11.9. The van der Waals surface area contributed by atoms with Crippen LogP contribution >= 0.6 is 12.2 Å². The number of aromatic nitrogens is 2. The number of nitrogens with zero attached hydrogens (tertiary/aromatic N) is 2. The minimum absolute atomic E-state index is 0.0476. The molecule has 2 aliphatic heterocycles. The molecular formula is C24H38N2O5SSi. The van der Waals surface area contributed by atoms with Crippen molar-refractivity contribution in [2.75, 3.05) is 19.8 Å². The molecule has 5 rings (SSSR count). The first-order valence-corrected chi connectivity index (χ1v) is 15.5. The van der Waals surface area contributed by atoms with Gasteiger partial charge in [0.15, 0.2) is 19.7 Å². The number of fused-ring (bicyclic) bond motifs is 1. The van der Waals surface area contributed by atoms with E-state index in [9.17, 15) is 0 Å². The van der Waals surface area contributed by atoms with Crippen LogP contribution in [0, 0.1) is 5.41 Å². The summed E-state index contributed by atoms with van der Waals surface area (Å²) in [4.78, 5) is 4.09. The molecule has 0 aromatic carbocycles. The molecule has 2 spiro atoms. The van der Waals surface area contributed by atoms with Gasteiger partial charge in [-0.25, -0.2) is 4.98 Å². The normalized spacial score (nSPS) is 37.5. The zero-order valence-corrected chi connectivity index (χ0v) is 22.6. The minimum atomic E-state index is -2.03. The fourth-order valence-electron chi connectivity index (χ4n) is 6.38. The Labute approximate surface area is 203 Å². The van der Waals surface area contributed by atoms with Crippen molar-refractivity contribution < 1.29 is 23.4 Å². The van der Waals surface area contributed by atoms with E-state index in [1.807, 2.05) is 0 Å². The summed E-state index contributed by atoms with van der Waals surface area (Å²) in [5, 5.41) is 0.486. The summed E-state index contributed by atoms with van der Waals surface area (Å²) in [5.41, 5.74) is -1.23. The van der Waals surface area contributed by atoms with Crippen LogP contribution in [-0.2, 0) is 23.4 Å². The van der Waals surface area contributed by atoms with Crippen molar-refractivity contribution in [1.29, 1.82) is 0 Å². The zero-order valence-electron chi connectivity index (χ0n) is 20.8. The number of hydrogen-bond donors (Lipinski definition) is 0. The summed E-state index contributed by atoms with van der Waals surface area (Å²) in [6.07, 6.45) is 9.81. The van der Waals surface area contributed by atoms with E-state index in [1.54, 1.807) is 23.3 Å². The van der Waals surface area contributed by atoms with Gasteiger partial charge in [-0.05, 0) is 56.0 Å². The Bertz CT molecular complexity index is 912. The van der Waals surface area contributed by atoms with Gasteiger partial charge in [0, 0.05) is 18.8 Å². The summed E-state index contributed by atoms with van der Waals surface area (Å²) in [6, 6.07) is 0.